The minimum Gasteiger partial charge on any atom is -0.480 e. The Morgan fingerprint density at radius 3 is 2.71 bits per heavy atom. The van der Waals surface area contributed by atoms with Crippen LogP contribution >= 0.6 is 15.9 Å². The number of amides is 1. The smallest absolute Gasteiger partial charge is 0.325 e. The van der Waals surface area contributed by atoms with Crippen molar-refractivity contribution in [2.75, 3.05) is 0 Å². The molecule has 0 spiro atoms. The molecule has 1 amide bonds. The first-order chi connectivity index (χ1) is 7.90. The fourth-order valence-corrected chi connectivity index (χ4v) is 1.62. The number of rotatable bonds is 4. The van der Waals surface area contributed by atoms with E-state index in [-0.39, 0.29) is 10.9 Å². The third kappa shape index (κ3) is 4.14. The maximum Gasteiger partial charge on any atom is 0.325 e. The predicted octanol–water partition coefficient (Wildman–Crippen LogP) is 1.72. The molecule has 1 aromatic carbocycles. The van der Waals surface area contributed by atoms with Gasteiger partial charge in [-0.2, -0.15) is 0 Å². The molecule has 0 heterocycles. The lowest BCUT2D eigenvalue weighted by Crippen LogP contribution is -2.39. The normalized spacial score (nSPS) is 11.9. The second-order valence-corrected chi connectivity index (χ2v) is 4.41. The molecule has 4 nitrogen and oxygen atoms in total. The number of carbonyl (C=O) groups excluding carboxylic acids is 1. The molecule has 0 saturated carbocycles. The van der Waals surface area contributed by atoms with Gasteiger partial charge in [0.25, 0.3) is 0 Å². The number of carbonyl (C=O) groups is 2. The second kappa shape index (κ2) is 5.77. The summed E-state index contributed by atoms with van der Waals surface area (Å²) in [5, 5.41) is 10.9. The van der Waals surface area contributed by atoms with Crippen LogP contribution in [0.15, 0.2) is 22.7 Å². The zero-order chi connectivity index (χ0) is 13.0. The number of benzene rings is 1. The lowest BCUT2D eigenvalue weighted by Gasteiger charge is -2.09. The molecule has 6 heteroatoms. The van der Waals surface area contributed by atoms with Gasteiger partial charge in [-0.25, -0.2) is 4.39 Å². The van der Waals surface area contributed by atoms with Gasteiger partial charge in [-0.05, 0) is 40.5 Å². The maximum absolute atomic E-state index is 12.9. The van der Waals surface area contributed by atoms with Crippen LogP contribution in [0.2, 0.25) is 0 Å². The third-order valence-electron chi connectivity index (χ3n) is 2.10. The Bertz CT molecular complexity index is 450. The molecule has 0 aliphatic heterocycles. The summed E-state index contributed by atoms with van der Waals surface area (Å²) >= 11 is 3.01. The lowest BCUT2D eigenvalue weighted by molar-refractivity contribution is -0.141. The summed E-state index contributed by atoms with van der Waals surface area (Å²) in [5.41, 5.74) is 0.605. The van der Waals surface area contributed by atoms with Crippen LogP contribution in [-0.2, 0) is 16.0 Å². The van der Waals surface area contributed by atoms with Gasteiger partial charge < -0.3 is 10.4 Å². The van der Waals surface area contributed by atoms with Crippen molar-refractivity contribution in [2.24, 2.45) is 0 Å². The Kier molecular flexibility index (Phi) is 4.62. The number of hydrogen-bond donors (Lipinski definition) is 2. The first-order valence-electron chi connectivity index (χ1n) is 4.86. The van der Waals surface area contributed by atoms with Gasteiger partial charge in [-0.3, -0.25) is 9.59 Å². The van der Waals surface area contributed by atoms with E-state index in [1.165, 1.54) is 25.1 Å². The minimum atomic E-state index is -1.10. The average Bonchev–Trinajstić information content (AvgIpc) is 2.23. The van der Waals surface area contributed by atoms with Crippen LogP contribution in [0, 0.1) is 5.82 Å². The number of carboxylic acid groups (broad SMARTS) is 1. The Morgan fingerprint density at radius 2 is 2.18 bits per heavy atom. The van der Waals surface area contributed by atoms with Gasteiger partial charge in [0.05, 0.1) is 10.9 Å². The maximum atomic E-state index is 12.9. The van der Waals surface area contributed by atoms with E-state index in [0.29, 0.717) is 5.56 Å². The number of carboxylic acids is 1. The van der Waals surface area contributed by atoms with Crippen molar-refractivity contribution in [1.82, 2.24) is 5.32 Å². The first kappa shape index (κ1) is 13.6. The molecule has 1 atom stereocenters. The highest BCUT2D eigenvalue weighted by Gasteiger charge is 2.14. The molecule has 0 aliphatic rings. The quantitative estimate of drug-likeness (QED) is 0.890. The molecule has 0 aromatic heterocycles. The van der Waals surface area contributed by atoms with E-state index in [4.69, 9.17) is 5.11 Å². The molecule has 0 saturated heterocycles. The summed E-state index contributed by atoms with van der Waals surface area (Å²) in [7, 11) is 0. The molecule has 0 fully saturated rings. The Hall–Kier alpha value is -1.43. The zero-order valence-electron chi connectivity index (χ0n) is 9.04. The second-order valence-electron chi connectivity index (χ2n) is 3.55. The molecular weight excluding hydrogens is 293 g/mol. The topological polar surface area (TPSA) is 66.4 Å². The molecule has 2 N–H and O–H groups in total. The predicted molar refractivity (Wildman–Crippen MR) is 63.0 cm³/mol. The van der Waals surface area contributed by atoms with E-state index in [1.54, 1.807) is 0 Å². The van der Waals surface area contributed by atoms with Crippen LogP contribution in [-0.4, -0.2) is 23.0 Å². The summed E-state index contributed by atoms with van der Waals surface area (Å²) in [6, 6.07) is 3.27. The average molecular weight is 304 g/mol. The highest BCUT2D eigenvalue weighted by Crippen LogP contribution is 2.17. The minimum absolute atomic E-state index is 0.0104. The summed E-state index contributed by atoms with van der Waals surface area (Å²) in [6.07, 6.45) is 0.0104. The van der Waals surface area contributed by atoms with Crippen molar-refractivity contribution in [3.63, 3.8) is 0 Å². The van der Waals surface area contributed by atoms with Gasteiger partial charge in [0, 0.05) is 0 Å². The highest BCUT2D eigenvalue weighted by molar-refractivity contribution is 9.10. The van der Waals surface area contributed by atoms with E-state index in [2.05, 4.69) is 21.2 Å². The van der Waals surface area contributed by atoms with Crippen molar-refractivity contribution in [1.29, 1.82) is 0 Å². The Balaban J connectivity index is 2.62. The van der Waals surface area contributed by atoms with Crippen LogP contribution in [0.3, 0.4) is 0 Å². The van der Waals surface area contributed by atoms with Crippen molar-refractivity contribution in [2.45, 2.75) is 19.4 Å². The van der Waals surface area contributed by atoms with Crippen molar-refractivity contribution >= 4 is 27.8 Å². The molecular formula is C11H11BrFNO3. The largest absolute Gasteiger partial charge is 0.480 e. The molecule has 0 radical (unpaired) electrons. The van der Waals surface area contributed by atoms with Crippen LogP contribution < -0.4 is 5.32 Å². The van der Waals surface area contributed by atoms with E-state index >= 15 is 0 Å². The highest BCUT2D eigenvalue weighted by atomic mass is 79.9. The summed E-state index contributed by atoms with van der Waals surface area (Å²) in [6.45, 7) is 1.38. The van der Waals surface area contributed by atoms with E-state index in [0.717, 1.165) is 0 Å². The van der Waals surface area contributed by atoms with E-state index in [1.807, 2.05) is 0 Å². The third-order valence-corrected chi connectivity index (χ3v) is 2.70. The van der Waals surface area contributed by atoms with Gasteiger partial charge in [-0.1, -0.05) is 6.07 Å². The Labute approximate surface area is 106 Å². The van der Waals surface area contributed by atoms with Gasteiger partial charge in [0.2, 0.25) is 5.91 Å². The SMILES string of the molecule is C[C@H](NC(=O)Cc1ccc(F)c(Br)c1)C(=O)O. The molecule has 92 valence electrons. The molecule has 0 bridgehead atoms. The van der Waals surface area contributed by atoms with Crippen molar-refractivity contribution < 1.29 is 19.1 Å². The fourth-order valence-electron chi connectivity index (χ4n) is 1.19. The van der Waals surface area contributed by atoms with Gasteiger partial charge in [-0.15, -0.1) is 0 Å². The summed E-state index contributed by atoms with van der Waals surface area (Å²) in [4.78, 5) is 22.0. The van der Waals surface area contributed by atoms with Crippen LogP contribution in [0.4, 0.5) is 4.39 Å². The van der Waals surface area contributed by atoms with Gasteiger partial charge >= 0.3 is 5.97 Å². The molecule has 0 unspecified atom stereocenters. The van der Waals surface area contributed by atoms with E-state index in [9.17, 15) is 14.0 Å². The van der Waals surface area contributed by atoms with Crippen molar-refractivity contribution in [3.05, 3.63) is 34.1 Å². The van der Waals surface area contributed by atoms with Crippen LogP contribution in [0.5, 0.6) is 0 Å². The zero-order valence-corrected chi connectivity index (χ0v) is 10.6. The lowest BCUT2D eigenvalue weighted by atomic mass is 10.1. The number of aliphatic carboxylic acids is 1. The van der Waals surface area contributed by atoms with E-state index < -0.39 is 23.7 Å². The molecule has 1 aromatic rings. The summed E-state index contributed by atoms with van der Waals surface area (Å²) in [5.74, 6) is -1.93. The van der Waals surface area contributed by atoms with Crippen molar-refractivity contribution in [3.8, 4) is 0 Å². The molecule has 0 aliphatic carbocycles. The van der Waals surface area contributed by atoms with Gasteiger partial charge in [0.1, 0.15) is 11.9 Å². The first-order valence-corrected chi connectivity index (χ1v) is 5.65. The van der Waals surface area contributed by atoms with Crippen LogP contribution in [0.25, 0.3) is 0 Å². The standard InChI is InChI=1S/C11H11BrFNO3/c1-6(11(16)17)14-10(15)5-7-2-3-9(13)8(12)4-7/h2-4,6H,5H2,1H3,(H,14,15)(H,16,17)/t6-/m0/s1. The number of hydrogen-bond acceptors (Lipinski definition) is 2. The molecule has 1 rings (SSSR count). The van der Waals surface area contributed by atoms with Crippen LogP contribution in [0.1, 0.15) is 12.5 Å². The monoisotopic (exact) mass is 303 g/mol. The molecule has 17 heavy (non-hydrogen) atoms. The fraction of sp³-hybridized carbons (Fsp3) is 0.273. The number of nitrogens with one attached hydrogen (secondary N) is 1. The number of halogens is 2. The summed E-state index contributed by atoms with van der Waals surface area (Å²) < 4.78 is 13.2. The Morgan fingerprint density at radius 1 is 1.53 bits per heavy atom. The van der Waals surface area contributed by atoms with Gasteiger partial charge in [0.15, 0.2) is 0 Å².